The second kappa shape index (κ2) is 6.17. The normalized spacial score (nSPS) is 18.4. The first-order valence-electron chi connectivity index (χ1n) is 6.32. The first kappa shape index (κ1) is 14.7. The van der Waals surface area contributed by atoms with Crippen molar-refractivity contribution in [2.45, 2.75) is 13.3 Å². The van der Waals surface area contributed by atoms with Gasteiger partial charge in [-0.15, -0.1) is 0 Å². The number of hydrogen-bond donors (Lipinski definition) is 1. The third kappa shape index (κ3) is 3.25. The van der Waals surface area contributed by atoms with Crippen LogP contribution in [0.5, 0.6) is 11.5 Å². The molecule has 1 N–H and O–H groups in total. The second-order valence-corrected chi connectivity index (χ2v) is 5.93. The van der Waals surface area contributed by atoms with Crippen molar-refractivity contribution in [3.05, 3.63) is 18.2 Å². The predicted octanol–water partition coefficient (Wildman–Crippen LogP) is 2.03. The topological polar surface area (TPSA) is 66.8 Å². The molecule has 0 aromatic heterocycles. The number of anilines is 1. The summed E-state index contributed by atoms with van der Waals surface area (Å²) in [5.41, 5.74) is 0.463. The van der Waals surface area contributed by atoms with Gasteiger partial charge in [0.25, 0.3) is 0 Å². The number of nitrogens with zero attached hydrogens (tertiary/aromatic N) is 1. The van der Waals surface area contributed by atoms with E-state index in [4.69, 9.17) is 4.74 Å². The fourth-order valence-electron chi connectivity index (χ4n) is 2.21. The van der Waals surface area contributed by atoms with Crippen LogP contribution in [0, 0.1) is 5.92 Å². The van der Waals surface area contributed by atoms with E-state index in [2.05, 4.69) is 0 Å². The number of thioether (sulfide) groups is 1. The van der Waals surface area contributed by atoms with Crippen molar-refractivity contribution in [3.8, 4) is 11.5 Å². The van der Waals surface area contributed by atoms with Crippen LogP contribution < -0.4 is 9.64 Å². The molecule has 1 aliphatic rings. The fraction of sp³-hybridized carbons (Fsp3) is 0.429. The lowest BCUT2D eigenvalue weighted by Crippen LogP contribution is -2.24. The molecule has 1 aliphatic heterocycles. The molecule has 2 rings (SSSR count). The standard InChI is InChI=1S/C14H17NO4S/c1-9(16)20-8-10-5-14(18)15(7-10)12-6-11(19-2)3-4-13(12)17/h3-4,6,10,17H,5,7-8H2,1-2H3. The van der Waals surface area contributed by atoms with E-state index >= 15 is 0 Å². The molecule has 1 aromatic carbocycles. The van der Waals surface area contributed by atoms with Crippen LogP contribution in [0.4, 0.5) is 5.69 Å². The van der Waals surface area contributed by atoms with Crippen LogP contribution in [0.15, 0.2) is 18.2 Å². The maximum atomic E-state index is 12.1. The van der Waals surface area contributed by atoms with Crippen molar-refractivity contribution in [2.24, 2.45) is 5.92 Å². The Morgan fingerprint density at radius 1 is 1.55 bits per heavy atom. The highest BCUT2D eigenvalue weighted by Crippen LogP contribution is 2.35. The Bertz CT molecular complexity index is 532. The van der Waals surface area contributed by atoms with E-state index < -0.39 is 0 Å². The molecule has 1 heterocycles. The van der Waals surface area contributed by atoms with Gasteiger partial charge in [0.1, 0.15) is 11.5 Å². The fourth-order valence-corrected chi connectivity index (χ4v) is 2.90. The molecule has 0 bridgehead atoms. The summed E-state index contributed by atoms with van der Waals surface area (Å²) in [4.78, 5) is 24.6. The number of carbonyl (C=O) groups is 2. The summed E-state index contributed by atoms with van der Waals surface area (Å²) in [6.45, 7) is 2.03. The number of rotatable bonds is 4. The van der Waals surface area contributed by atoms with E-state index in [0.717, 1.165) is 0 Å². The van der Waals surface area contributed by atoms with Crippen LogP contribution >= 0.6 is 11.8 Å². The summed E-state index contributed by atoms with van der Waals surface area (Å²) in [5.74, 6) is 1.36. The number of aromatic hydroxyl groups is 1. The minimum Gasteiger partial charge on any atom is -0.506 e. The molecule has 5 nitrogen and oxygen atoms in total. The Morgan fingerprint density at radius 3 is 2.95 bits per heavy atom. The van der Waals surface area contributed by atoms with Gasteiger partial charge in [-0.05, 0) is 18.1 Å². The summed E-state index contributed by atoms with van der Waals surface area (Å²) in [6, 6.07) is 4.80. The number of amides is 1. The van der Waals surface area contributed by atoms with Gasteiger partial charge in [0.15, 0.2) is 5.12 Å². The molecule has 1 saturated heterocycles. The highest BCUT2D eigenvalue weighted by molar-refractivity contribution is 8.13. The molecule has 108 valence electrons. The van der Waals surface area contributed by atoms with Gasteiger partial charge in [-0.25, -0.2) is 0 Å². The van der Waals surface area contributed by atoms with Gasteiger partial charge in [0.05, 0.1) is 12.8 Å². The van der Waals surface area contributed by atoms with Gasteiger partial charge in [0.2, 0.25) is 5.91 Å². The van der Waals surface area contributed by atoms with E-state index in [0.29, 0.717) is 30.2 Å². The molecule has 1 atom stereocenters. The minimum atomic E-state index is -0.0392. The van der Waals surface area contributed by atoms with Gasteiger partial charge >= 0.3 is 0 Å². The van der Waals surface area contributed by atoms with Crippen molar-refractivity contribution < 1.29 is 19.4 Å². The third-order valence-electron chi connectivity index (χ3n) is 3.20. The van der Waals surface area contributed by atoms with Crippen LogP contribution in [-0.4, -0.2) is 35.5 Å². The van der Waals surface area contributed by atoms with E-state index in [1.165, 1.54) is 31.9 Å². The summed E-state index contributed by atoms with van der Waals surface area (Å²) in [5, 5.41) is 9.96. The lowest BCUT2D eigenvalue weighted by atomic mass is 10.1. The number of carbonyl (C=O) groups excluding carboxylic acids is 2. The molecule has 0 spiro atoms. The van der Waals surface area contributed by atoms with Gasteiger partial charge < -0.3 is 14.7 Å². The number of benzene rings is 1. The number of ether oxygens (including phenoxy) is 1. The predicted molar refractivity (Wildman–Crippen MR) is 78.3 cm³/mol. The molecule has 6 heteroatoms. The molecule has 0 radical (unpaired) electrons. The zero-order valence-corrected chi connectivity index (χ0v) is 12.3. The molecule has 1 amide bonds. The van der Waals surface area contributed by atoms with E-state index in [1.807, 2.05) is 0 Å². The van der Waals surface area contributed by atoms with E-state index in [-0.39, 0.29) is 22.7 Å². The van der Waals surface area contributed by atoms with Crippen molar-refractivity contribution in [1.82, 2.24) is 0 Å². The average molecular weight is 295 g/mol. The van der Waals surface area contributed by atoms with Crippen molar-refractivity contribution in [2.75, 3.05) is 24.3 Å². The number of methoxy groups -OCH3 is 1. The molecule has 1 unspecified atom stereocenters. The molecule has 0 aliphatic carbocycles. The molecule has 1 aromatic rings. The average Bonchev–Trinajstić information content (AvgIpc) is 2.78. The Balaban J connectivity index is 2.13. The summed E-state index contributed by atoms with van der Waals surface area (Å²) in [6.07, 6.45) is 0.400. The van der Waals surface area contributed by atoms with Gasteiger partial charge in [-0.2, -0.15) is 0 Å². The smallest absolute Gasteiger partial charge is 0.227 e. The Kier molecular flexibility index (Phi) is 4.54. The largest absolute Gasteiger partial charge is 0.506 e. The van der Waals surface area contributed by atoms with E-state index in [9.17, 15) is 14.7 Å². The van der Waals surface area contributed by atoms with Gasteiger partial charge in [0, 0.05) is 31.7 Å². The molecule has 20 heavy (non-hydrogen) atoms. The minimum absolute atomic E-state index is 0.0392. The van der Waals surface area contributed by atoms with Gasteiger partial charge in [-0.3, -0.25) is 9.59 Å². The quantitative estimate of drug-likeness (QED) is 0.920. The van der Waals surface area contributed by atoms with Crippen LogP contribution in [0.1, 0.15) is 13.3 Å². The summed E-state index contributed by atoms with van der Waals surface area (Å²) in [7, 11) is 1.54. The lowest BCUT2D eigenvalue weighted by Gasteiger charge is -2.18. The molecule has 0 saturated carbocycles. The van der Waals surface area contributed by atoms with Crippen molar-refractivity contribution >= 4 is 28.5 Å². The lowest BCUT2D eigenvalue weighted by molar-refractivity contribution is -0.117. The number of hydrogen-bond acceptors (Lipinski definition) is 5. The van der Waals surface area contributed by atoms with E-state index in [1.54, 1.807) is 17.0 Å². The number of phenolic OH excluding ortho intramolecular Hbond substituents is 1. The maximum absolute atomic E-state index is 12.1. The maximum Gasteiger partial charge on any atom is 0.227 e. The Labute approximate surface area is 121 Å². The Hall–Kier alpha value is -1.69. The van der Waals surface area contributed by atoms with Crippen LogP contribution in [0.25, 0.3) is 0 Å². The summed E-state index contributed by atoms with van der Waals surface area (Å²) >= 11 is 1.23. The van der Waals surface area contributed by atoms with Crippen molar-refractivity contribution in [1.29, 1.82) is 0 Å². The van der Waals surface area contributed by atoms with Gasteiger partial charge in [-0.1, -0.05) is 11.8 Å². The zero-order valence-electron chi connectivity index (χ0n) is 11.5. The zero-order chi connectivity index (χ0) is 14.7. The van der Waals surface area contributed by atoms with Crippen LogP contribution in [-0.2, 0) is 9.59 Å². The first-order valence-corrected chi connectivity index (χ1v) is 7.30. The second-order valence-electron chi connectivity index (χ2n) is 4.73. The Morgan fingerprint density at radius 2 is 2.30 bits per heavy atom. The highest BCUT2D eigenvalue weighted by atomic mass is 32.2. The molecular formula is C14H17NO4S. The third-order valence-corrected chi connectivity index (χ3v) is 4.25. The first-order chi connectivity index (χ1) is 9.51. The summed E-state index contributed by atoms with van der Waals surface area (Å²) < 4.78 is 5.11. The molecule has 1 fully saturated rings. The SMILES string of the molecule is COc1ccc(O)c(N2CC(CSC(C)=O)CC2=O)c1. The highest BCUT2D eigenvalue weighted by Gasteiger charge is 2.32. The number of phenols is 1. The molecular weight excluding hydrogens is 278 g/mol. The monoisotopic (exact) mass is 295 g/mol. The van der Waals surface area contributed by atoms with Crippen LogP contribution in [0.3, 0.4) is 0 Å². The van der Waals surface area contributed by atoms with Crippen LogP contribution in [0.2, 0.25) is 0 Å². The van der Waals surface area contributed by atoms with Crippen molar-refractivity contribution in [3.63, 3.8) is 0 Å².